The Balaban J connectivity index is 2.69. The molecule has 0 spiro atoms. The van der Waals surface area contributed by atoms with Gasteiger partial charge in [-0.1, -0.05) is 15.9 Å². The van der Waals surface area contributed by atoms with E-state index in [-0.39, 0.29) is 23.8 Å². The quantitative estimate of drug-likeness (QED) is 0.429. The average Bonchev–Trinajstić information content (AvgIpc) is 2.39. The molecule has 0 atom stereocenters. The topological polar surface area (TPSA) is 98.5 Å². The predicted molar refractivity (Wildman–Crippen MR) is 84.3 cm³/mol. The van der Waals surface area contributed by atoms with E-state index < -0.39 is 10.0 Å². The van der Waals surface area contributed by atoms with Crippen LogP contribution in [0.2, 0.25) is 0 Å². The van der Waals surface area contributed by atoms with Gasteiger partial charge in [0.05, 0.1) is 11.5 Å². The van der Waals surface area contributed by atoms with E-state index >= 15 is 0 Å². The number of hydrogen-bond donors (Lipinski definition) is 2. The third-order valence-electron chi connectivity index (χ3n) is 2.81. The second kappa shape index (κ2) is 7.77. The Hall–Kier alpha value is -1.12. The van der Waals surface area contributed by atoms with Gasteiger partial charge in [-0.05, 0) is 38.0 Å². The van der Waals surface area contributed by atoms with Crippen LogP contribution in [0.4, 0.5) is 5.69 Å². The molecule has 118 valence electrons. The van der Waals surface area contributed by atoms with Crippen molar-refractivity contribution < 1.29 is 17.9 Å². The molecule has 1 aromatic carbocycles. The van der Waals surface area contributed by atoms with E-state index in [1.165, 1.54) is 6.07 Å². The zero-order valence-corrected chi connectivity index (χ0v) is 14.4. The Morgan fingerprint density at radius 3 is 2.71 bits per heavy atom. The second-order valence-electron chi connectivity index (χ2n) is 4.42. The first kappa shape index (κ1) is 17.9. The lowest BCUT2D eigenvalue weighted by molar-refractivity contribution is -0.143. The Labute approximate surface area is 133 Å². The van der Waals surface area contributed by atoms with Gasteiger partial charge in [0.2, 0.25) is 10.0 Å². The van der Waals surface area contributed by atoms with E-state index in [1.807, 2.05) is 0 Å². The molecular formula is C13H19BrN2O4S. The van der Waals surface area contributed by atoms with Gasteiger partial charge >= 0.3 is 5.97 Å². The molecule has 0 amide bonds. The number of nitrogens with one attached hydrogen (secondary N) is 1. The third kappa shape index (κ3) is 5.29. The van der Waals surface area contributed by atoms with E-state index in [4.69, 9.17) is 10.5 Å². The zero-order valence-electron chi connectivity index (χ0n) is 12.0. The number of esters is 1. The summed E-state index contributed by atoms with van der Waals surface area (Å²) in [5.74, 6) is -0.334. The van der Waals surface area contributed by atoms with Crippen LogP contribution in [0.1, 0.15) is 25.3 Å². The summed E-state index contributed by atoms with van der Waals surface area (Å²) in [6.07, 6.45) is 0.552. The highest BCUT2D eigenvalue weighted by Gasteiger charge is 2.18. The fourth-order valence-corrected chi connectivity index (χ4v) is 3.70. The largest absolute Gasteiger partial charge is 0.466 e. The minimum atomic E-state index is -3.66. The van der Waals surface area contributed by atoms with Crippen LogP contribution < -0.4 is 10.5 Å². The number of halogens is 1. The summed E-state index contributed by atoms with van der Waals surface area (Å²) in [5.41, 5.74) is 6.66. The molecule has 0 unspecified atom stereocenters. The maximum absolute atomic E-state index is 12.2. The van der Waals surface area contributed by atoms with Gasteiger partial charge in [0, 0.05) is 23.1 Å². The van der Waals surface area contributed by atoms with Gasteiger partial charge in [-0.3, -0.25) is 4.79 Å². The molecule has 0 bridgehead atoms. The number of benzene rings is 1. The molecule has 1 aromatic rings. The Kier molecular flexibility index (Phi) is 6.63. The lowest BCUT2D eigenvalue weighted by Gasteiger charge is -2.11. The van der Waals surface area contributed by atoms with Gasteiger partial charge in [-0.15, -0.1) is 0 Å². The Morgan fingerprint density at radius 1 is 1.43 bits per heavy atom. The van der Waals surface area contributed by atoms with Crippen LogP contribution in [0.15, 0.2) is 21.5 Å². The third-order valence-corrected chi connectivity index (χ3v) is 4.85. The van der Waals surface area contributed by atoms with Gasteiger partial charge in [0.25, 0.3) is 0 Å². The fraction of sp³-hybridized carbons (Fsp3) is 0.462. The number of ether oxygens (including phenoxy) is 1. The molecule has 21 heavy (non-hydrogen) atoms. The summed E-state index contributed by atoms with van der Waals surface area (Å²) in [4.78, 5) is 11.3. The van der Waals surface area contributed by atoms with Crippen molar-refractivity contribution in [1.29, 1.82) is 0 Å². The Bertz CT molecular complexity index is 617. The number of carbonyl (C=O) groups is 1. The van der Waals surface area contributed by atoms with Crippen molar-refractivity contribution in [3.8, 4) is 0 Å². The van der Waals surface area contributed by atoms with Crippen molar-refractivity contribution in [2.24, 2.45) is 0 Å². The lowest BCUT2D eigenvalue weighted by atomic mass is 10.2. The molecule has 8 heteroatoms. The summed E-state index contributed by atoms with van der Waals surface area (Å²) in [7, 11) is -3.66. The minimum Gasteiger partial charge on any atom is -0.466 e. The van der Waals surface area contributed by atoms with Crippen LogP contribution in [-0.2, 0) is 19.6 Å². The van der Waals surface area contributed by atoms with Crippen molar-refractivity contribution >= 4 is 37.6 Å². The maximum Gasteiger partial charge on any atom is 0.305 e. The summed E-state index contributed by atoms with van der Waals surface area (Å²) in [6, 6.07) is 3.15. The van der Waals surface area contributed by atoms with Crippen LogP contribution >= 0.6 is 15.9 Å². The molecule has 6 nitrogen and oxygen atoms in total. The van der Waals surface area contributed by atoms with Gasteiger partial charge < -0.3 is 10.5 Å². The number of sulfonamides is 1. The van der Waals surface area contributed by atoms with Crippen LogP contribution in [0, 0.1) is 6.92 Å². The Morgan fingerprint density at radius 2 is 2.10 bits per heavy atom. The number of nitrogen functional groups attached to an aromatic ring is 1. The monoisotopic (exact) mass is 378 g/mol. The number of rotatable bonds is 7. The van der Waals surface area contributed by atoms with Crippen LogP contribution in [0.25, 0.3) is 0 Å². The van der Waals surface area contributed by atoms with E-state index in [9.17, 15) is 13.2 Å². The summed E-state index contributed by atoms with van der Waals surface area (Å²) in [6.45, 7) is 3.85. The summed E-state index contributed by atoms with van der Waals surface area (Å²) in [5, 5.41) is 0. The number of nitrogens with two attached hydrogens (primary N) is 1. The molecule has 0 radical (unpaired) electrons. The molecular weight excluding hydrogens is 360 g/mol. The second-order valence-corrected chi connectivity index (χ2v) is 7.08. The average molecular weight is 379 g/mol. The minimum absolute atomic E-state index is 0.130. The molecule has 0 aliphatic heterocycles. The van der Waals surface area contributed by atoms with E-state index in [2.05, 4.69) is 20.7 Å². The molecule has 0 saturated carbocycles. The van der Waals surface area contributed by atoms with E-state index in [0.717, 1.165) is 0 Å². The van der Waals surface area contributed by atoms with Crippen molar-refractivity contribution in [2.45, 2.75) is 31.6 Å². The van der Waals surface area contributed by atoms with Crippen LogP contribution in [0.3, 0.4) is 0 Å². The van der Waals surface area contributed by atoms with E-state index in [0.29, 0.717) is 28.8 Å². The van der Waals surface area contributed by atoms with Crippen LogP contribution in [0.5, 0.6) is 0 Å². The highest BCUT2D eigenvalue weighted by Crippen LogP contribution is 2.26. The van der Waals surface area contributed by atoms with Gasteiger partial charge in [-0.25, -0.2) is 13.1 Å². The number of hydrogen-bond acceptors (Lipinski definition) is 5. The van der Waals surface area contributed by atoms with Crippen molar-refractivity contribution in [1.82, 2.24) is 4.72 Å². The SMILES string of the molecule is CCOC(=O)CCCNS(=O)(=O)c1cc(Br)cc(N)c1C. The molecule has 0 aliphatic rings. The zero-order chi connectivity index (χ0) is 16.0. The smallest absolute Gasteiger partial charge is 0.305 e. The molecule has 1 rings (SSSR count). The van der Waals surface area contributed by atoms with Crippen LogP contribution in [-0.4, -0.2) is 27.5 Å². The van der Waals surface area contributed by atoms with Gasteiger partial charge in [-0.2, -0.15) is 0 Å². The van der Waals surface area contributed by atoms with Gasteiger partial charge in [0.1, 0.15) is 0 Å². The number of carbonyl (C=O) groups excluding carboxylic acids is 1. The molecule has 0 heterocycles. The molecule has 0 aromatic heterocycles. The molecule has 0 fully saturated rings. The highest BCUT2D eigenvalue weighted by molar-refractivity contribution is 9.10. The first-order valence-electron chi connectivity index (χ1n) is 6.49. The summed E-state index contributed by atoms with van der Waals surface area (Å²) >= 11 is 3.22. The van der Waals surface area contributed by atoms with Crippen molar-refractivity contribution in [3.05, 3.63) is 22.2 Å². The predicted octanol–water partition coefficient (Wildman–Crippen LogP) is 1.96. The fourth-order valence-electron chi connectivity index (χ4n) is 1.70. The molecule has 0 aliphatic carbocycles. The molecule has 3 N–H and O–H groups in total. The number of anilines is 1. The lowest BCUT2D eigenvalue weighted by Crippen LogP contribution is -2.26. The first-order chi connectivity index (χ1) is 9.77. The van der Waals surface area contributed by atoms with Crippen molar-refractivity contribution in [3.63, 3.8) is 0 Å². The molecule has 0 saturated heterocycles. The van der Waals surface area contributed by atoms with E-state index in [1.54, 1.807) is 19.9 Å². The standard InChI is InChI=1S/C13H19BrN2O4S/c1-3-20-13(17)5-4-6-16-21(18,19)12-8-10(14)7-11(15)9(12)2/h7-8,16H,3-6,15H2,1-2H3. The highest BCUT2D eigenvalue weighted by atomic mass is 79.9. The van der Waals surface area contributed by atoms with Crippen molar-refractivity contribution in [2.75, 3.05) is 18.9 Å². The normalized spacial score (nSPS) is 11.4. The summed E-state index contributed by atoms with van der Waals surface area (Å²) < 4.78 is 32.3. The van der Waals surface area contributed by atoms with Gasteiger partial charge in [0.15, 0.2) is 0 Å². The first-order valence-corrected chi connectivity index (χ1v) is 8.76. The maximum atomic E-state index is 12.2.